The fraction of sp³-hybridized carbons (Fsp3) is 0.355. The molecule has 214 valence electrons. The van der Waals surface area contributed by atoms with Gasteiger partial charge < -0.3 is 10.2 Å². The van der Waals surface area contributed by atoms with Gasteiger partial charge in [-0.3, -0.25) is 13.9 Å². The van der Waals surface area contributed by atoms with Gasteiger partial charge in [-0.15, -0.1) is 0 Å². The summed E-state index contributed by atoms with van der Waals surface area (Å²) < 4.78 is 41.8. The number of halogens is 1. The van der Waals surface area contributed by atoms with Gasteiger partial charge in [-0.1, -0.05) is 74.5 Å². The standard InChI is InChI=1S/C31H38FN3O4S/c1-22(2)19-33-31(37)29(18-25-11-7-6-8-12-25)34(20-26-13-9-10-14-27(26)32)30(36)21-35(40(5,38)39)28-17-23(3)15-16-24(28)4/h6-17,22,29H,18-21H2,1-5H3,(H,33,37)/t29-/m1/s1. The minimum absolute atomic E-state index is 0.169. The molecule has 7 nitrogen and oxygen atoms in total. The summed E-state index contributed by atoms with van der Waals surface area (Å²) in [6.45, 7) is 7.18. The van der Waals surface area contributed by atoms with E-state index in [2.05, 4.69) is 5.32 Å². The van der Waals surface area contributed by atoms with Gasteiger partial charge in [0.1, 0.15) is 18.4 Å². The van der Waals surface area contributed by atoms with Gasteiger partial charge in [0.15, 0.2) is 0 Å². The zero-order valence-electron chi connectivity index (χ0n) is 23.7. The molecule has 0 heterocycles. The molecule has 3 aromatic carbocycles. The van der Waals surface area contributed by atoms with E-state index in [4.69, 9.17) is 0 Å². The van der Waals surface area contributed by atoms with Gasteiger partial charge in [0, 0.05) is 25.1 Å². The van der Waals surface area contributed by atoms with Crippen molar-refractivity contribution in [3.05, 3.63) is 101 Å². The zero-order valence-corrected chi connectivity index (χ0v) is 24.5. The maximum Gasteiger partial charge on any atom is 0.244 e. The van der Waals surface area contributed by atoms with E-state index in [1.165, 1.54) is 11.0 Å². The Hall–Kier alpha value is -3.72. The van der Waals surface area contributed by atoms with Crippen molar-refractivity contribution in [2.45, 2.75) is 46.7 Å². The molecule has 0 saturated carbocycles. The van der Waals surface area contributed by atoms with Crippen molar-refractivity contribution in [2.24, 2.45) is 5.92 Å². The van der Waals surface area contributed by atoms with Gasteiger partial charge in [-0.05, 0) is 48.6 Å². The number of hydrogen-bond acceptors (Lipinski definition) is 4. The second kappa shape index (κ2) is 13.6. The number of anilines is 1. The summed E-state index contributed by atoms with van der Waals surface area (Å²) in [5.41, 5.74) is 2.93. The first-order chi connectivity index (χ1) is 18.9. The molecule has 2 amide bonds. The number of nitrogens with one attached hydrogen (secondary N) is 1. The molecule has 0 spiro atoms. The molecule has 0 unspecified atom stereocenters. The molecule has 0 aliphatic carbocycles. The molecule has 0 radical (unpaired) electrons. The molecule has 0 bridgehead atoms. The van der Waals surface area contributed by atoms with Crippen LogP contribution in [0.1, 0.15) is 36.1 Å². The van der Waals surface area contributed by atoms with Crippen LogP contribution in [0.3, 0.4) is 0 Å². The Bertz CT molecular complexity index is 1430. The van der Waals surface area contributed by atoms with E-state index in [9.17, 15) is 22.4 Å². The SMILES string of the molecule is Cc1ccc(C)c(N(CC(=O)N(Cc2ccccc2F)[C@H](Cc2ccccc2)C(=O)NCC(C)C)S(C)(=O)=O)c1. The summed E-state index contributed by atoms with van der Waals surface area (Å²) >= 11 is 0. The summed E-state index contributed by atoms with van der Waals surface area (Å²) in [6.07, 6.45) is 1.22. The molecule has 0 fully saturated rings. The van der Waals surface area contributed by atoms with Crippen LogP contribution < -0.4 is 9.62 Å². The van der Waals surface area contributed by atoms with Crippen molar-refractivity contribution < 1.29 is 22.4 Å². The van der Waals surface area contributed by atoms with Crippen molar-refractivity contribution in [1.29, 1.82) is 0 Å². The van der Waals surface area contributed by atoms with E-state index in [-0.39, 0.29) is 30.4 Å². The highest BCUT2D eigenvalue weighted by molar-refractivity contribution is 7.92. The average molecular weight is 568 g/mol. The van der Waals surface area contributed by atoms with Gasteiger partial charge in [0.2, 0.25) is 21.8 Å². The Morgan fingerprint density at radius 1 is 0.950 bits per heavy atom. The molecule has 3 aromatic rings. The molecule has 0 aliphatic heterocycles. The van der Waals surface area contributed by atoms with Crippen LogP contribution in [-0.2, 0) is 32.6 Å². The molecule has 9 heteroatoms. The minimum Gasteiger partial charge on any atom is -0.354 e. The molecule has 0 aliphatic rings. The normalized spacial score (nSPS) is 12.2. The smallest absolute Gasteiger partial charge is 0.244 e. The van der Waals surface area contributed by atoms with Crippen LogP contribution in [0.4, 0.5) is 10.1 Å². The molecule has 40 heavy (non-hydrogen) atoms. The van der Waals surface area contributed by atoms with Crippen LogP contribution in [0.2, 0.25) is 0 Å². The molecule has 1 N–H and O–H groups in total. The van der Waals surface area contributed by atoms with E-state index >= 15 is 0 Å². The van der Waals surface area contributed by atoms with E-state index in [1.54, 1.807) is 37.3 Å². The fourth-order valence-electron chi connectivity index (χ4n) is 4.37. The van der Waals surface area contributed by atoms with Crippen molar-refractivity contribution in [2.75, 3.05) is 23.7 Å². The van der Waals surface area contributed by atoms with Crippen LogP contribution in [0.25, 0.3) is 0 Å². The predicted molar refractivity (Wildman–Crippen MR) is 157 cm³/mol. The van der Waals surface area contributed by atoms with Gasteiger partial charge in [0.05, 0.1) is 11.9 Å². The van der Waals surface area contributed by atoms with E-state index in [0.29, 0.717) is 17.8 Å². The molecule has 1 atom stereocenters. The summed E-state index contributed by atoms with van der Waals surface area (Å²) in [7, 11) is -3.88. The third-order valence-electron chi connectivity index (χ3n) is 6.57. The fourth-order valence-corrected chi connectivity index (χ4v) is 5.27. The van der Waals surface area contributed by atoms with E-state index in [0.717, 1.165) is 21.7 Å². The number of amides is 2. The number of rotatable bonds is 12. The first-order valence-electron chi connectivity index (χ1n) is 13.3. The van der Waals surface area contributed by atoms with Crippen molar-refractivity contribution in [3.8, 4) is 0 Å². The molecule has 3 rings (SSSR count). The maximum absolute atomic E-state index is 14.8. The molecule has 0 saturated heterocycles. The van der Waals surface area contributed by atoms with Crippen LogP contribution in [0, 0.1) is 25.6 Å². The van der Waals surface area contributed by atoms with Crippen molar-refractivity contribution in [3.63, 3.8) is 0 Å². The first-order valence-corrected chi connectivity index (χ1v) is 15.1. The average Bonchev–Trinajstić information content (AvgIpc) is 2.90. The molecular weight excluding hydrogens is 529 g/mol. The van der Waals surface area contributed by atoms with Crippen LogP contribution >= 0.6 is 0 Å². The van der Waals surface area contributed by atoms with Crippen LogP contribution in [0.15, 0.2) is 72.8 Å². The summed E-state index contributed by atoms with van der Waals surface area (Å²) in [5.74, 6) is -1.35. The Labute approximate surface area is 237 Å². The topological polar surface area (TPSA) is 86.8 Å². The van der Waals surface area contributed by atoms with E-state index in [1.807, 2.05) is 57.2 Å². The third kappa shape index (κ3) is 8.39. The second-order valence-corrected chi connectivity index (χ2v) is 12.4. The number of hydrogen-bond donors (Lipinski definition) is 1. The molecular formula is C31H38FN3O4S. The summed E-state index contributed by atoms with van der Waals surface area (Å²) in [6, 6.07) is 19.7. The number of benzene rings is 3. The van der Waals surface area contributed by atoms with Gasteiger partial charge in [-0.2, -0.15) is 0 Å². The highest BCUT2D eigenvalue weighted by Gasteiger charge is 2.33. The van der Waals surface area contributed by atoms with Gasteiger partial charge >= 0.3 is 0 Å². The predicted octanol–water partition coefficient (Wildman–Crippen LogP) is 4.62. The Morgan fingerprint density at radius 3 is 2.23 bits per heavy atom. The molecule has 0 aromatic heterocycles. The minimum atomic E-state index is -3.88. The lowest BCUT2D eigenvalue weighted by Crippen LogP contribution is -2.53. The number of nitrogens with zero attached hydrogens (tertiary/aromatic N) is 2. The zero-order chi connectivity index (χ0) is 29.4. The quantitative estimate of drug-likeness (QED) is 0.346. The van der Waals surface area contributed by atoms with Crippen molar-refractivity contribution in [1.82, 2.24) is 10.2 Å². The Morgan fingerprint density at radius 2 is 1.60 bits per heavy atom. The highest BCUT2D eigenvalue weighted by atomic mass is 32.2. The first kappa shape index (κ1) is 30.8. The van der Waals surface area contributed by atoms with Crippen LogP contribution in [-0.4, -0.2) is 50.5 Å². The number of carbonyl (C=O) groups is 2. The summed E-state index contributed by atoms with van der Waals surface area (Å²) in [5, 5.41) is 2.91. The number of sulfonamides is 1. The Balaban J connectivity index is 2.08. The van der Waals surface area contributed by atoms with Gasteiger partial charge in [0.25, 0.3) is 0 Å². The van der Waals surface area contributed by atoms with Gasteiger partial charge in [-0.25, -0.2) is 12.8 Å². The monoisotopic (exact) mass is 567 g/mol. The lowest BCUT2D eigenvalue weighted by atomic mass is 10.0. The lowest BCUT2D eigenvalue weighted by molar-refractivity contribution is -0.140. The number of carbonyl (C=O) groups excluding carboxylic acids is 2. The van der Waals surface area contributed by atoms with E-state index < -0.39 is 34.3 Å². The lowest BCUT2D eigenvalue weighted by Gasteiger charge is -2.34. The third-order valence-corrected chi connectivity index (χ3v) is 7.69. The van der Waals surface area contributed by atoms with Crippen molar-refractivity contribution >= 4 is 27.5 Å². The number of aryl methyl sites for hydroxylation is 2. The second-order valence-electron chi connectivity index (χ2n) is 10.5. The van der Waals surface area contributed by atoms with Crippen LogP contribution in [0.5, 0.6) is 0 Å². The Kier molecular flexibility index (Phi) is 10.5. The highest BCUT2D eigenvalue weighted by Crippen LogP contribution is 2.25. The largest absolute Gasteiger partial charge is 0.354 e. The summed E-state index contributed by atoms with van der Waals surface area (Å²) in [4.78, 5) is 29.0. The maximum atomic E-state index is 14.8.